The summed E-state index contributed by atoms with van der Waals surface area (Å²) in [6.07, 6.45) is 2.06. The van der Waals surface area contributed by atoms with Crippen LogP contribution in [0.25, 0.3) is 0 Å². The number of piperidine rings is 1. The number of amides is 1. The van der Waals surface area contributed by atoms with Crippen molar-refractivity contribution in [3.05, 3.63) is 34.3 Å². The summed E-state index contributed by atoms with van der Waals surface area (Å²) in [5.74, 6) is 0.230. The molecule has 3 nitrogen and oxygen atoms in total. The molecule has 116 valence electrons. The Morgan fingerprint density at radius 1 is 1.43 bits per heavy atom. The molecule has 21 heavy (non-hydrogen) atoms. The average Bonchev–Trinajstić information content (AvgIpc) is 2.41. The molecule has 1 fully saturated rings. The number of carbonyl (C=O) groups excluding carboxylic acids is 1. The van der Waals surface area contributed by atoms with E-state index in [-0.39, 0.29) is 11.8 Å². The lowest BCUT2D eigenvalue weighted by molar-refractivity contribution is -0.128. The molecule has 0 bridgehead atoms. The maximum atomic E-state index is 12.6. The van der Waals surface area contributed by atoms with Crippen LogP contribution >= 0.6 is 11.6 Å². The second kappa shape index (κ2) is 6.37. The van der Waals surface area contributed by atoms with Gasteiger partial charge in [0.15, 0.2) is 0 Å². The highest BCUT2D eigenvalue weighted by atomic mass is 35.5. The second-order valence-corrected chi connectivity index (χ2v) is 7.11. The van der Waals surface area contributed by atoms with Crippen molar-refractivity contribution in [3.8, 4) is 0 Å². The van der Waals surface area contributed by atoms with Crippen molar-refractivity contribution in [1.29, 1.82) is 0 Å². The number of hydrogen-bond donors (Lipinski definition) is 1. The van der Waals surface area contributed by atoms with E-state index in [4.69, 9.17) is 11.6 Å². The summed E-state index contributed by atoms with van der Waals surface area (Å²) >= 11 is 6.11. The fraction of sp³-hybridized carbons (Fsp3) is 0.588. The van der Waals surface area contributed by atoms with Gasteiger partial charge in [-0.25, -0.2) is 0 Å². The van der Waals surface area contributed by atoms with Crippen molar-refractivity contribution in [2.24, 2.45) is 5.92 Å². The lowest BCUT2D eigenvalue weighted by atomic mass is 9.88. The molecule has 4 heteroatoms. The monoisotopic (exact) mass is 308 g/mol. The summed E-state index contributed by atoms with van der Waals surface area (Å²) in [5.41, 5.74) is 1.81. The Balaban J connectivity index is 2.12. The van der Waals surface area contributed by atoms with Gasteiger partial charge in [0.25, 0.3) is 0 Å². The molecule has 2 rings (SSSR count). The molecule has 0 saturated carbocycles. The minimum absolute atomic E-state index is 0.0857. The zero-order valence-corrected chi connectivity index (χ0v) is 14.1. The highest BCUT2D eigenvalue weighted by molar-refractivity contribution is 6.30. The van der Waals surface area contributed by atoms with Crippen LogP contribution in [-0.4, -0.2) is 30.9 Å². The summed E-state index contributed by atoms with van der Waals surface area (Å²) < 4.78 is 0. The van der Waals surface area contributed by atoms with Gasteiger partial charge in [0.05, 0.1) is 11.5 Å². The standard InChI is InChI=1S/C17H25ClN2O/c1-12-7-8-14(18)10-15(12)17(2,3)19-16(21)13-6-5-9-20(4)11-13/h7-8,10,13H,5-6,9,11H2,1-4H3,(H,19,21). The summed E-state index contributed by atoms with van der Waals surface area (Å²) in [7, 11) is 2.08. The van der Waals surface area contributed by atoms with Gasteiger partial charge < -0.3 is 10.2 Å². The molecule has 1 aromatic carbocycles. The largest absolute Gasteiger partial charge is 0.347 e. The van der Waals surface area contributed by atoms with Crippen molar-refractivity contribution in [2.75, 3.05) is 20.1 Å². The van der Waals surface area contributed by atoms with Gasteiger partial charge in [-0.1, -0.05) is 17.7 Å². The molecule has 1 aromatic rings. The Labute approximate surface area is 132 Å². The van der Waals surface area contributed by atoms with Crippen molar-refractivity contribution < 1.29 is 4.79 Å². The first-order valence-electron chi connectivity index (χ1n) is 7.57. The summed E-state index contributed by atoms with van der Waals surface area (Å²) in [4.78, 5) is 14.8. The number of rotatable bonds is 3. The van der Waals surface area contributed by atoms with Crippen molar-refractivity contribution in [2.45, 2.75) is 39.2 Å². The van der Waals surface area contributed by atoms with Gasteiger partial charge in [0, 0.05) is 11.6 Å². The van der Waals surface area contributed by atoms with E-state index < -0.39 is 5.54 Å². The van der Waals surface area contributed by atoms with Crippen LogP contribution in [0.15, 0.2) is 18.2 Å². The fourth-order valence-corrected chi connectivity index (χ4v) is 3.30. The van der Waals surface area contributed by atoms with Crippen molar-refractivity contribution >= 4 is 17.5 Å². The number of likely N-dealkylation sites (tertiary alicyclic amines) is 1. The fourth-order valence-electron chi connectivity index (χ4n) is 3.13. The SMILES string of the molecule is Cc1ccc(Cl)cc1C(C)(C)NC(=O)C1CCCN(C)C1. The molecule has 1 aliphatic heterocycles. The van der Waals surface area contributed by atoms with Gasteiger partial charge >= 0.3 is 0 Å². The maximum Gasteiger partial charge on any atom is 0.225 e. The van der Waals surface area contributed by atoms with E-state index in [1.807, 2.05) is 39.0 Å². The zero-order chi connectivity index (χ0) is 15.6. The number of nitrogens with zero attached hydrogens (tertiary/aromatic N) is 1. The molecule has 1 amide bonds. The third-order valence-corrected chi connectivity index (χ3v) is 4.54. The minimum atomic E-state index is -0.415. The van der Waals surface area contributed by atoms with Crippen LogP contribution in [0.4, 0.5) is 0 Å². The molecule has 1 saturated heterocycles. The van der Waals surface area contributed by atoms with Crippen LogP contribution < -0.4 is 5.32 Å². The minimum Gasteiger partial charge on any atom is -0.347 e. The van der Waals surface area contributed by atoms with E-state index in [2.05, 4.69) is 17.3 Å². The van der Waals surface area contributed by atoms with E-state index >= 15 is 0 Å². The number of carbonyl (C=O) groups is 1. The summed E-state index contributed by atoms with van der Waals surface area (Å²) in [6, 6.07) is 5.83. The van der Waals surface area contributed by atoms with Gasteiger partial charge in [-0.3, -0.25) is 4.79 Å². The van der Waals surface area contributed by atoms with Crippen molar-refractivity contribution in [1.82, 2.24) is 10.2 Å². The topological polar surface area (TPSA) is 32.3 Å². The van der Waals surface area contributed by atoms with Gasteiger partial charge in [-0.2, -0.15) is 0 Å². The van der Waals surface area contributed by atoms with Crippen LogP contribution in [-0.2, 0) is 10.3 Å². The molecule has 1 unspecified atom stereocenters. The van der Waals surface area contributed by atoms with E-state index in [1.165, 1.54) is 0 Å². The van der Waals surface area contributed by atoms with Crippen molar-refractivity contribution in [3.63, 3.8) is 0 Å². The Bertz CT molecular complexity index is 528. The molecule has 0 spiro atoms. The normalized spacial score (nSPS) is 20.3. The van der Waals surface area contributed by atoms with Crippen LogP contribution in [0.3, 0.4) is 0 Å². The van der Waals surface area contributed by atoms with Crippen LogP contribution in [0.2, 0.25) is 5.02 Å². The highest BCUT2D eigenvalue weighted by Gasteiger charge is 2.30. The third kappa shape index (κ3) is 3.98. The molecule has 1 N–H and O–H groups in total. The number of halogens is 1. The Morgan fingerprint density at radius 2 is 2.14 bits per heavy atom. The maximum absolute atomic E-state index is 12.6. The van der Waals surface area contributed by atoms with E-state index in [0.29, 0.717) is 5.02 Å². The van der Waals surface area contributed by atoms with Crippen LogP contribution in [0, 0.1) is 12.8 Å². The van der Waals surface area contributed by atoms with Crippen LogP contribution in [0.1, 0.15) is 37.8 Å². The average molecular weight is 309 g/mol. The molecule has 0 aliphatic carbocycles. The Hall–Kier alpha value is -1.06. The lowest BCUT2D eigenvalue weighted by Crippen LogP contribution is -2.48. The van der Waals surface area contributed by atoms with Gasteiger partial charge in [0.1, 0.15) is 0 Å². The van der Waals surface area contributed by atoms with Gasteiger partial charge in [-0.05, 0) is 70.5 Å². The Morgan fingerprint density at radius 3 is 2.81 bits per heavy atom. The van der Waals surface area contributed by atoms with E-state index in [9.17, 15) is 4.79 Å². The molecule has 1 heterocycles. The highest BCUT2D eigenvalue weighted by Crippen LogP contribution is 2.27. The number of hydrogen-bond acceptors (Lipinski definition) is 2. The first-order valence-corrected chi connectivity index (χ1v) is 7.94. The van der Waals surface area contributed by atoms with E-state index in [0.717, 1.165) is 37.1 Å². The second-order valence-electron chi connectivity index (χ2n) is 6.67. The lowest BCUT2D eigenvalue weighted by Gasteiger charge is -2.34. The first kappa shape index (κ1) is 16.3. The van der Waals surface area contributed by atoms with E-state index in [1.54, 1.807) is 0 Å². The number of aryl methyl sites for hydroxylation is 1. The third-order valence-electron chi connectivity index (χ3n) is 4.30. The molecule has 1 aliphatic rings. The summed E-state index contributed by atoms with van der Waals surface area (Å²) in [5, 5.41) is 3.91. The van der Waals surface area contributed by atoms with Crippen LogP contribution in [0.5, 0.6) is 0 Å². The van der Waals surface area contributed by atoms with Gasteiger partial charge in [-0.15, -0.1) is 0 Å². The predicted molar refractivity (Wildman–Crippen MR) is 87.6 cm³/mol. The molecular weight excluding hydrogens is 284 g/mol. The predicted octanol–water partition coefficient (Wildman–Crippen LogP) is 3.34. The zero-order valence-electron chi connectivity index (χ0n) is 13.4. The quantitative estimate of drug-likeness (QED) is 0.929. The summed E-state index contributed by atoms with van der Waals surface area (Å²) in [6.45, 7) is 8.05. The molecule has 0 aromatic heterocycles. The smallest absolute Gasteiger partial charge is 0.225 e. The number of nitrogens with one attached hydrogen (secondary N) is 1. The number of benzene rings is 1. The van der Waals surface area contributed by atoms with Gasteiger partial charge in [0.2, 0.25) is 5.91 Å². The molecular formula is C17H25ClN2O. The molecule has 0 radical (unpaired) electrons. The Kier molecular flexibility index (Phi) is 4.95. The first-order chi connectivity index (χ1) is 9.79. The molecule has 1 atom stereocenters.